The molecule has 0 spiro atoms. The van der Waals surface area contributed by atoms with Crippen LogP contribution in [0.25, 0.3) is 0 Å². The minimum atomic E-state index is -0.224. The molecule has 1 amide bonds. The summed E-state index contributed by atoms with van der Waals surface area (Å²) in [5, 5.41) is 6.09. The molecule has 0 saturated carbocycles. The van der Waals surface area contributed by atoms with Gasteiger partial charge >= 0.3 is 0 Å². The summed E-state index contributed by atoms with van der Waals surface area (Å²) in [5.41, 5.74) is 2.57. The summed E-state index contributed by atoms with van der Waals surface area (Å²) < 4.78 is 5.29. The highest BCUT2D eigenvalue weighted by Gasteiger charge is 2.20. The number of hydrogen-bond acceptors (Lipinski definition) is 3. The predicted molar refractivity (Wildman–Crippen MR) is 79.6 cm³/mol. The molecule has 1 aromatic rings. The van der Waals surface area contributed by atoms with Crippen molar-refractivity contribution < 1.29 is 9.53 Å². The maximum absolute atomic E-state index is 11.9. The summed E-state index contributed by atoms with van der Waals surface area (Å²) >= 11 is 0. The molecule has 1 aromatic carbocycles. The monoisotopic (exact) mass is 276 g/mol. The van der Waals surface area contributed by atoms with Gasteiger partial charge in [0.25, 0.3) is 0 Å². The number of ether oxygens (including phenoxy) is 1. The van der Waals surface area contributed by atoms with Gasteiger partial charge in [0.2, 0.25) is 5.91 Å². The van der Waals surface area contributed by atoms with Crippen molar-refractivity contribution in [3.05, 3.63) is 35.4 Å². The molecule has 0 bridgehead atoms. The minimum Gasteiger partial charge on any atom is -0.378 e. The molecule has 0 aliphatic carbocycles. The molecule has 1 heterocycles. The van der Waals surface area contributed by atoms with Crippen LogP contribution in [0.3, 0.4) is 0 Å². The van der Waals surface area contributed by atoms with Gasteiger partial charge in [-0.1, -0.05) is 45.0 Å². The first-order valence-electron chi connectivity index (χ1n) is 7.15. The van der Waals surface area contributed by atoms with Crippen LogP contribution >= 0.6 is 0 Å². The van der Waals surface area contributed by atoms with Crippen LogP contribution in [0.4, 0.5) is 0 Å². The second kappa shape index (κ2) is 6.37. The van der Waals surface area contributed by atoms with E-state index in [2.05, 4.69) is 55.7 Å². The maximum atomic E-state index is 11.9. The van der Waals surface area contributed by atoms with Gasteiger partial charge in [0.05, 0.1) is 13.2 Å². The van der Waals surface area contributed by atoms with Crippen LogP contribution in [0.15, 0.2) is 24.3 Å². The number of carbonyl (C=O) groups excluding carboxylic acids is 1. The lowest BCUT2D eigenvalue weighted by Crippen LogP contribution is -2.51. The normalized spacial score (nSPS) is 19.6. The van der Waals surface area contributed by atoms with Crippen LogP contribution in [0.1, 0.15) is 31.9 Å². The third kappa shape index (κ3) is 4.05. The fraction of sp³-hybridized carbons (Fsp3) is 0.562. The van der Waals surface area contributed by atoms with Gasteiger partial charge in [-0.15, -0.1) is 0 Å². The zero-order chi connectivity index (χ0) is 14.6. The van der Waals surface area contributed by atoms with E-state index in [-0.39, 0.29) is 17.4 Å². The van der Waals surface area contributed by atoms with Crippen molar-refractivity contribution in [2.75, 3.05) is 19.8 Å². The summed E-state index contributed by atoms with van der Waals surface area (Å²) in [4.78, 5) is 11.9. The van der Waals surface area contributed by atoms with E-state index in [4.69, 9.17) is 4.74 Å². The van der Waals surface area contributed by atoms with E-state index in [0.29, 0.717) is 19.8 Å². The number of hydrogen-bond donors (Lipinski definition) is 2. The Balaban J connectivity index is 1.86. The van der Waals surface area contributed by atoms with Crippen LogP contribution in [0.2, 0.25) is 0 Å². The Labute approximate surface area is 120 Å². The van der Waals surface area contributed by atoms with Gasteiger partial charge in [-0.05, 0) is 16.5 Å². The highest BCUT2D eigenvalue weighted by Crippen LogP contribution is 2.22. The van der Waals surface area contributed by atoms with Crippen molar-refractivity contribution in [3.63, 3.8) is 0 Å². The molecule has 4 heteroatoms. The predicted octanol–water partition coefficient (Wildman–Crippen LogP) is 1.59. The zero-order valence-corrected chi connectivity index (χ0v) is 12.5. The lowest BCUT2D eigenvalue weighted by molar-refractivity contribution is -0.126. The highest BCUT2D eigenvalue weighted by molar-refractivity contribution is 5.81. The molecule has 1 fully saturated rings. The molecular formula is C16H24N2O2. The third-order valence-corrected chi connectivity index (χ3v) is 3.52. The van der Waals surface area contributed by atoms with Crippen molar-refractivity contribution in [3.8, 4) is 0 Å². The Morgan fingerprint density at radius 3 is 2.60 bits per heavy atom. The summed E-state index contributed by atoms with van der Waals surface area (Å²) in [6.45, 7) is 9.00. The summed E-state index contributed by atoms with van der Waals surface area (Å²) in [5.74, 6) is 0.00426. The Morgan fingerprint density at radius 2 is 2.05 bits per heavy atom. The zero-order valence-electron chi connectivity index (χ0n) is 12.5. The first-order valence-corrected chi connectivity index (χ1v) is 7.15. The number of nitrogens with one attached hydrogen (secondary N) is 2. The van der Waals surface area contributed by atoms with E-state index in [9.17, 15) is 4.79 Å². The van der Waals surface area contributed by atoms with E-state index in [1.165, 1.54) is 5.56 Å². The number of carbonyl (C=O) groups is 1. The first kappa shape index (κ1) is 15.0. The van der Waals surface area contributed by atoms with Crippen molar-refractivity contribution in [1.29, 1.82) is 0 Å². The number of amides is 1. The third-order valence-electron chi connectivity index (χ3n) is 3.52. The van der Waals surface area contributed by atoms with Crippen LogP contribution in [-0.4, -0.2) is 31.7 Å². The molecule has 1 atom stereocenters. The Kier molecular flexibility index (Phi) is 4.78. The van der Waals surface area contributed by atoms with Gasteiger partial charge in [0.15, 0.2) is 0 Å². The van der Waals surface area contributed by atoms with Gasteiger partial charge in [-0.2, -0.15) is 0 Å². The summed E-state index contributed by atoms with van der Waals surface area (Å²) in [6.07, 6.45) is 0. The maximum Gasteiger partial charge on any atom is 0.239 e. The molecule has 1 unspecified atom stereocenters. The molecule has 0 radical (unpaired) electrons. The molecule has 0 aromatic heterocycles. The van der Waals surface area contributed by atoms with Crippen molar-refractivity contribution in [1.82, 2.24) is 10.6 Å². The van der Waals surface area contributed by atoms with E-state index in [0.717, 1.165) is 12.1 Å². The average molecular weight is 276 g/mol. The Hall–Kier alpha value is -1.39. The Morgan fingerprint density at radius 1 is 1.35 bits per heavy atom. The lowest BCUT2D eigenvalue weighted by Gasteiger charge is -2.23. The number of benzene rings is 1. The van der Waals surface area contributed by atoms with Crippen LogP contribution in [-0.2, 0) is 21.5 Å². The lowest BCUT2D eigenvalue weighted by atomic mass is 9.87. The molecule has 2 rings (SSSR count). The van der Waals surface area contributed by atoms with Gasteiger partial charge in [-0.3, -0.25) is 4.79 Å². The molecule has 1 aliphatic rings. The van der Waals surface area contributed by atoms with Crippen LogP contribution < -0.4 is 10.6 Å². The fourth-order valence-corrected chi connectivity index (χ4v) is 2.17. The minimum absolute atomic E-state index is 0.00426. The number of morpholine rings is 1. The van der Waals surface area contributed by atoms with E-state index < -0.39 is 0 Å². The topological polar surface area (TPSA) is 50.4 Å². The molecule has 110 valence electrons. The van der Waals surface area contributed by atoms with Crippen molar-refractivity contribution >= 4 is 5.91 Å². The standard InChI is InChI=1S/C16H24N2O2/c1-16(2,3)13-6-4-12(5-7-13)10-18-15(19)14-11-20-9-8-17-14/h4-7,14,17H,8-11H2,1-3H3,(H,18,19). The van der Waals surface area contributed by atoms with Crippen LogP contribution in [0.5, 0.6) is 0 Å². The molecule has 2 N–H and O–H groups in total. The van der Waals surface area contributed by atoms with Gasteiger partial charge in [0.1, 0.15) is 6.04 Å². The molecule has 1 aliphatic heterocycles. The average Bonchev–Trinajstić information content (AvgIpc) is 2.45. The highest BCUT2D eigenvalue weighted by atomic mass is 16.5. The molecule has 20 heavy (non-hydrogen) atoms. The van der Waals surface area contributed by atoms with Gasteiger partial charge in [0, 0.05) is 13.1 Å². The summed E-state index contributed by atoms with van der Waals surface area (Å²) in [7, 11) is 0. The summed E-state index contributed by atoms with van der Waals surface area (Å²) in [6, 6.07) is 8.18. The van der Waals surface area contributed by atoms with Gasteiger partial charge in [-0.25, -0.2) is 0 Å². The second-order valence-electron chi connectivity index (χ2n) is 6.25. The van der Waals surface area contributed by atoms with E-state index in [1.807, 2.05) is 0 Å². The first-order chi connectivity index (χ1) is 9.47. The quantitative estimate of drug-likeness (QED) is 0.881. The molecule has 4 nitrogen and oxygen atoms in total. The number of rotatable bonds is 3. The second-order valence-corrected chi connectivity index (χ2v) is 6.25. The SMILES string of the molecule is CC(C)(C)c1ccc(CNC(=O)C2COCCN2)cc1. The Bertz CT molecular complexity index is 443. The largest absolute Gasteiger partial charge is 0.378 e. The smallest absolute Gasteiger partial charge is 0.239 e. The van der Waals surface area contributed by atoms with Crippen molar-refractivity contribution in [2.45, 2.75) is 38.8 Å². The molecular weight excluding hydrogens is 252 g/mol. The van der Waals surface area contributed by atoms with Crippen molar-refractivity contribution in [2.24, 2.45) is 0 Å². The van der Waals surface area contributed by atoms with E-state index >= 15 is 0 Å². The van der Waals surface area contributed by atoms with Gasteiger partial charge < -0.3 is 15.4 Å². The fourth-order valence-electron chi connectivity index (χ4n) is 2.17. The van der Waals surface area contributed by atoms with E-state index in [1.54, 1.807) is 0 Å². The van der Waals surface area contributed by atoms with Crippen LogP contribution in [0, 0.1) is 0 Å². The molecule has 1 saturated heterocycles.